The number of piperazine rings is 1. The molecule has 0 aliphatic carbocycles. The molecule has 3 N–H and O–H groups in total. The van der Waals surface area contributed by atoms with E-state index in [-0.39, 0.29) is 17.8 Å². The zero-order valence-corrected chi connectivity index (χ0v) is 18.0. The van der Waals surface area contributed by atoms with Gasteiger partial charge >= 0.3 is 12.1 Å². The molecule has 28 heavy (non-hydrogen) atoms. The van der Waals surface area contributed by atoms with Crippen molar-refractivity contribution in [2.75, 3.05) is 56.6 Å². The van der Waals surface area contributed by atoms with Crippen LogP contribution in [0.1, 0.15) is 6.42 Å². The Bertz CT molecular complexity index is 653. The molecular weight excluding hydrogens is 398 g/mol. The second-order valence-corrected chi connectivity index (χ2v) is 8.07. The predicted octanol–water partition coefficient (Wildman–Crippen LogP) is 1.80. The second-order valence-electron chi connectivity index (χ2n) is 6.85. The Kier molecular flexibility index (Phi) is 8.58. The molecule has 0 bridgehead atoms. The number of urea groups is 1. The number of hydrogen-bond acceptors (Lipinski definition) is 6. The third kappa shape index (κ3) is 6.68. The number of thiol groups is 2. The highest BCUT2D eigenvalue weighted by molar-refractivity contribution is 7.85. The second kappa shape index (κ2) is 10.7. The molecule has 2 atom stereocenters. The van der Waals surface area contributed by atoms with Gasteiger partial charge in [0.1, 0.15) is 0 Å². The molecule has 2 unspecified atom stereocenters. The van der Waals surface area contributed by atoms with Crippen molar-refractivity contribution in [3.8, 4) is 0 Å². The van der Waals surface area contributed by atoms with E-state index in [1.807, 2.05) is 24.3 Å². The number of carboxylic acid groups (broad SMARTS) is 1. The third-order valence-electron chi connectivity index (χ3n) is 4.76. The lowest BCUT2D eigenvalue weighted by atomic mass is 10.2. The summed E-state index contributed by atoms with van der Waals surface area (Å²) in [5, 5.41) is 12.9. The van der Waals surface area contributed by atoms with Crippen molar-refractivity contribution in [2.24, 2.45) is 0 Å². The first-order valence-corrected chi connectivity index (χ1v) is 10.2. The minimum atomic E-state index is -1.08. The van der Waals surface area contributed by atoms with Crippen molar-refractivity contribution in [3.05, 3.63) is 24.3 Å². The number of nitrogens with zero attached hydrogens (tertiary/aromatic N) is 3. The van der Waals surface area contributed by atoms with Gasteiger partial charge in [-0.05, 0) is 37.7 Å². The highest BCUT2D eigenvalue weighted by Crippen LogP contribution is 2.21. The number of benzene rings is 1. The van der Waals surface area contributed by atoms with Crippen LogP contribution in [0.2, 0.25) is 0 Å². The maximum Gasteiger partial charge on any atom is 0.404 e. The van der Waals surface area contributed by atoms with Crippen LogP contribution in [0.5, 0.6) is 0 Å². The molecule has 156 valence electrons. The molecule has 0 radical (unpaired) electrons. The molecule has 8 nitrogen and oxygen atoms in total. The number of nitrogens with one attached hydrogen (secondary N) is 2. The van der Waals surface area contributed by atoms with E-state index in [4.69, 9.17) is 5.11 Å². The summed E-state index contributed by atoms with van der Waals surface area (Å²) in [6.45, 7) is 4.32. The van der Waals surface area contributed by atoms with Crippen molar-refractivity contribution in [3.63, 3.8) is 0 Å². The molecule has 1 saturated heterocycles. The quantitative estimate of drug-likeness (QED) is 0.338. The predicted molar refractivity (Wildman–Crippen MR) is 119 cm³/mol. The van der Waals surface area contributed by atoms with E-state index in [1.54, 1.807) is 7.05 Å². The number of likely N-dealkylation sites (N-methyl/N-ethyl adjacent to an activating group) is 1. The van der Waals surface area contributed by atoms with E-state index in [9.17, 15) is 9.59 Å². The molecule has 1 heterocycles. The molecule has 2 rings (SSSR count). The molecule has 1 aliphatic rings. The fourth-order valence-electron chi connectivity index (χ4n) is 2.87. The van der Waals surface area contributed by atoms with Gasteiger partial charge in [0, 0.05) is 56.4 Å². The van der Waals surface area contributed by atoms with Gasteiger partial charge in [0.05, 0.1) is 5.37 Å². The van der Waals surface area contributed by atoms with E-state index in [0.29, 0.717) is 6.42 Å². The summed E-state index contributed by atoms with van der Waals surface area (Å²) in [5.41, 5.74) is 1.93. The molecule has 1 aromatic rings. The molecule has 1 aliphatic heterocycles. The van der Waals surface area contributed by atoms with Gasteiger partial charge in [0.15, 0.2) is 0 Å². The van der Waals surface area contributed by atoms with Gasteiger partial charge in [0.25, 0.3) is 0 Å². The molecule has 3 amide bonds. The summed E-state index contributed by atoms with van der Waals surface area (Å²) in [5.74, 6) is 0. The normalized spacial score (nSPS) is 16.9. The van der Waals surface area contributed by atoms with Crippen molar-refractivity contribution in [1.29, 1.82) is 0 Å². The topological polar surface area (TPSA) is 88.2 Å². The minimum Gasteiger partial charge on any atom is -0.465 e. The standard InChI is InChI=1S/C18H29N5O3S2/c1-21-9-11-23(12-10-21)14-5-3-13(4-6-14)22(2)17(24)20-16(28)15(27)7-8-19-18(25)26/h3-6,15-16,19,27-28H,7-12H2,1-2H3,(H,20,24)(H,25,26). The zero-order valence-electron chi connectivity index (χ0n) is 16.2. The van der Waals surface area contributed by atoms with E-state index < -0.39 is 11.5 Å². The van der Waals surface area contributed by atoms with Gasteiger partial charge in [-0.3, -0.25) is 4.90 Å². The highest BCUT2D eigenvalue weighted by Gasteiger charge is 2.20. The van der Waals surface area contributed by atoms with Gasteiger partial charge < -0.3 is 25.5 Å². The lowest BCUT2D eigenvalue weighted by Crippen LogP contribution is -2.45. The Labute approximate surface area is 177 Å². The SMILES string of the molecule is CN1CCN(c2ccc(N(C)C(=O)NC(S)C(S)CCNC(=O)O)cc2)CC1. The molecule has 10 heteroatoms. The Morgan fingerprint density at radius 3 is 2.36 bits per heavy atom. The first kappa shape index (κ1) is 22.5. The van der Waals surface area contributed by atoms with Gasteiger partial charge in [-0.1, -0.05) is 0 Å². The monoisotopic (exact) mass is 427 g/mol. The van der Waals surface area contributed by atoms with Gasteiger partial charge in [-0.15, -0.1) is 0 Å². The van der Waals surface area contributed by atoms with E-state index in [2.05, 4.69) is 52.7 Å². The molecule has 0 spiro atoms. The Hall–Kier alpha value is -1.78. The van der Waals surface area contributed by atoms with E-state index in [1.165, 1.54) is 4.90 Å². The highest BCUT2D eigenvalue weighted by atomic mass is 32.1. The summed E-state index contributed by atoms with van der Waals surface area (Å²) >= 11 is 8.75. The zero-order chi connectivity index (χ0) is 20.7. The minimum absolute atomic E-state index is 0.250. The summed E-state index contributed by atoms with van der Waals surface area (Å²) in [4.78, 5) is 29.1. The van der Waals surface area contributed by atoms with Crippen molar-refractivity contribution >= 4 is 48.8 Å². The van der Waals surface area contributed by atoms with Crippen molar-refractivity contribution in [2.45, 2.75) is 17.0 Å². The number of rotatable bonds is 7. The average Bonchev–Trinajstić information content (AvgIpc) is 2.67. The molecular formula is C18H29N5O3S2. The largest absolute Gasteiger partial charge is 0.465 e. The molecule has 0 aromatic heterocycles. The third-order valence-corrected chi connectivity index (χ3v) is 6.04. The van der Waals surface area contributed by atoms with Crippen LogP contribution in [-0.2, 0) is 0 Å². The fraction of sp³-hybridized carbons (Fsp3) is 0.556. The van der Waals surface area contributed by atoms with Gasteiger partial charge in [-0.2, -0.15) is 25.3 Å². The van der Waals surface area contributed by atoms with Gasteiger partial charge in [-0.25, -0.2) is 9.59 Å². The summed E-state index contributed by atoms with van der Waals surface area (Å²) in [7, 11) is 3.82. The lowest BCUT2D eigenvalue weighted by Gasteiger charge is -2.34. The number of amides is 3. The summed E-state index contributed by atoms with van der Waals surface area (Å²) < 4.78 is 0. The van der Waals surface area contributed by atoms with Crippen LogP contribution in [0.15, 0.2) is 24.3 Å². The first-order valence-electron chi connectivity index (χ1n) is 9.18. The van der Waals surface area contributed by atoms with E-state index in [0.717, 1.165) is 37.6 Å². The van der Waals surface area contributed by atoms with Crippen molar-refractivity contribution < 1.29 is 14.7 Å². The maximum absolute atomic E-state index is 12.5. The fourth-order valence-corrected chi connectivity index (χ4v) is 3.34. The summed E-state index contributed by atoms with van der Waals surface area (Å²) in [6, 6.07) is 7.62. The number of hydrogen-bond donors (Lipinski definition) is 5. The van der Waals surface area contributed by atoms with Crippen LogP contribution in [-0.4, -0.2) is 79.6 Å². The van der Waals surface area contributed by atoms with Crippen molar-refractivity contribution in [1.82, 2.24) is 15.5 Å². The lowest BCUT2D eigenvalue weighted by molar-refractivity contribution is 0.194. The first-order chi connectivity index (χ1) is 13.3. The van der Waals surface area contributed by atoms with Crippen LogP contribution in [0.25, 0.3) is 0 Å². The number of carbonyl (C=O) groups excluding carboxylic acids is 1. The van der Waals surface area contributed by atoms with Crippen LogP contribution >= 0.6 is 25.3 Å². The Balaban J connectivity index is 1.85. The van der Waals surface area contributed by atoms with Crippen LogP contribution in [0.4, 0.5) is 21.0 Å². The van der Waals surface area contributed by atoms with Crippen LogP contribution < -0.4 is 20.4 Å². The Morgan fingerprint density at radius 2 is 1.79 bits per heavy atom. The molecule has 1 fully saturated rings. The maximum atomic E-state index is 12.5. The van der Waals surface area contributed by atoms with Crippen LogP contribution in [0, 0.1) is 0 Å². The molecule has 1 aromatic carbocycles. The van der Waals surface area contributed by atoms with Crippen LogP contribution in [0.3, 0.4) is 0 Å². The Morgan fingerprint density at radius 1 is 1.18 bits per heavy atom. The number of carbonyl (C=O) groups is 2. The van der Waals surface area contributed by atoms with E-state index >= 15 is 0 Å². The molecule has 0 saturated carbocycles. The number of anilines is 2. The smallest absolute Gasteiger partial charge is 0.404 e. The summed E-state index contributed by atoms with van der Waals surface area (Å²) in [6.07, 6.45) is -0.632. The average molecular weight is 428 g/mol. The van der Waals surface area contributed by atoms with Gasteiger partial charge in [0.2, 0.25) is 0 Å².